The minimum absolute atomic E-state index is 0.00934. The van der Waals surface area contributed by atoms with Gasteiger partial charge in [0.2, 0.25) is 16.9 Å². The molecule has 2 N–H and O–H groups in total. The Balaban J connectivity index is 1.35. The van der Waals surface area contributed by atoms with E-state index in [4.69, 9.17) is 9.47 Å². The molecule has 2 aromatic heterocycles. The van der Waals surface area contributed by atoms with Crippen LogP contribution in [0.15, 0.2) is 24.4 Å². The van der Waals surface area contributed by atoms with E-state index >= 15 is 0 Å². The molecule has 158 valence electrons. The van der Waals surface area contributed by atoms with Crippen molar-refractivity contribution >= 4 is 39.2 Å². The maximum absolute atomic E-state index is 12.5. The van der Waals surface area contributed by atoms with Gasteiger partial charge in [0, 0.05) is 43.7 Å². The third-order valence-electron chi connectivity index (χ3n) is 5.18. The van der Waals surface area contributed by atoms with E-state index in [-0.39, 0.29) is 18.2 Å². The minimum atomic E-state index is -0.393. The molecule has 0 bridgehead atoms. The summed E-state index contributed by atoms with van der Waals surface area (Å²) >= 11 is 1.27. The predicted octanol–water partition coefficient (Wildman–Crippen LogP) is 2.20. The fourth-order valence-electron chi connectivity index (χ4n) is 3.60. The van der Waals surface area contributed by atoms with Gasteiger partial charge in [-0.25, -0.2) is 0 Å². The topological polar surface area (TPSA) is 109 Å². The van der Waals surface area contributed by atoms with Gasteiger partial charge in [0.25, 0.3) is 0 Å². The lowest BCUT2D eigenvalue weighted by Crippen LogP contribution is -2.30. The van der Waals surface area contributed by atoms with Gasteiger partial charge in [-0.05, 0) is 30.2 Å². The van der Waals surface area contributed by atoms with Gasteiger partial charge in [-0.3, -0.25) is 9.59 Å². The summed E-state index contributed by atoms with van der Waals surface area (Å²) in [6.45, 7) is 1.31. The zero-order valence-electron chi connectivity index (χ0n) is 16.8. The van der Waals surface area contributed by atoms with Crippen LogP contribution in [0.4, 0.5) is 5.13 Å². The van der Waals surface area contributed by atoms with Crippen molar-refractivity contribution in [2.75, 3.05) is 32.6 Å². The summed E-state index contributed by atoms with van der Waals surface area (Å²) in [5.74, 6) is 0.186. The molecule has 1 aromatic carbocycles. The second-order valence-electron chi connectivity index (χ2n) is 7.14. The first-order chi connectivity index (χ1) is 14.6. The van der Waals surface area contributed by atoms with Crippen LogP contribution in [0.5, 0.6) is 5.75 Å². The number of anilines is 1. The number of rotatable bonds is 8. The van der Waals surface area contributed by atoms with Crippen molar-refractivity contribution in [3.63, 3.8) is 0 Å². The van der Waals surface area contributed by atoms with Gasteiger partial charge in [-0.1, -0.05) is 11.3 Å². The number of H-pyrrole nitrogens is 1. The smallest absolute Gasteiger partial charge is 0.231 e. The number of likely N-dealkylation sites (tertiary alicyclic amines) is 1. The lowest BCUT2D eigenvalue weighted by Gasteiger charge is -2.16. The number of benzene rings is 1. The number of aromatic nitrogens is 3. The number of nitrogens with one attached hydrogen (secondary N) is 2. The molecule has 2 amide bonds. The summed E-state index contributed by atoms with van der Waals surface area (Å²) < 4.78 is 10.3. The molecule has 1 fully saturated rings. The van der Waals surface area contributed by atoms with Gasteiger partial charge in [0.05, 0.1) is 13.0 Å². The largest absolute Gasteiger partial charge is 0.497 e. The minimum Gasteiger partial charge on any atom is -0.497 e. The average molecular weight is 430 g/mol. The number of methoxy groups -OCH3 is 2. The number of nitrogens with zero attached hydrogens (tertiary/aromatic N) is 3. The summed E-state index contributed by atoms with van der Waals surface area (Å²) in [5.41, 5.74) is 2.14. The van der Waals surface area contributed by atoms with Gasteiger partial charge in [-0.15, -0.1) is 10.2 Å². The lowest BCUT2D eigenvalue weighted by molar-refractivity contribution is -0.128. The van der Waals surface area contributed by atoms with Crippen LogP contribution in [0.1, 0.15) is 17.0 Å². The number of carbonyl (C=O) groups excluding carboxylic acids is 2. The van der Waals surface area contributed by atoms with E-state index in [0.717, 1.165) is 22.2 Å². The number of fused-ring (bicyclic) bond motifs is 1. The second-order valence-corrected chi connectivity index (χ2v) is 8.20. The Morgan fingerprint density at radius 3 is 3.03 bits per heavy atom. The molecular weight excluding hydrogens is 406 g/mol. The van der Waals surface area contributed by atoms with Crippen molar-refractivity contribution in [1.82, 2.24) is 20.1 Å². The van der Waals surface area contributed by atoms with Gasteiger partial charge in [0.1, 0.15) is 17.4 Å². The average Bonchev–Trinajstić information content (AvgIpc) is 3.45. The second kappa shape index (κ2) is 8.80. The molecule has 0 spiro atoms. The molecule has 10 heteroatoms. The molecule has 1 unspecified atom stereocenters. The van der Waals surface area contributed by atoms with Crippen LogP contribution in [-0.4, -0.2) is 59.2 Å². The maximum Gasteiger partial charge on any atom is 0.231 e. The molecule has 9 nitrogen and oxygen atoms in total. The third-order valence-corrected chi connectivity index (χ3v) is 5.99. The Morgan fingerprint density at radius 2 is 2.23 bits per heavy atom. The summed E-state index contributed by atoms with van der Waals surface area (Å²) in [6.07, 6.45) is 2.86. The van der Waals surface area contributed by atoms with E-state index in [1.807, 2.05) is 24.4 Å². The highest BCUT2D eigenvalue weighted by molar-refractivity contribution is 7.15. The maximum atomic E-state index is 12.5. The molecule has 0 aliphatic carbocycles. The number of carbonyl (C=O) groups is 2. The Morgan fingerprint density at radius 1 is 1.37 bits per heavy atom. The van der Waals surface area contributed by atoms with Crippen LogP contribution in [0.25, 0.3) is 10.9 Å². The van der Waals surface area contributed by atoms with E-state index in [1.54, 1.807) is 19.1 Å². The fraction of sp³-hybridized carbons (Fsp3) is 0.400. The molecule has 0 radical (unpaired) electrons. The van der Waals surface area contributed by atoms with Crippen LogP contribution < -0.4 is 10.1 Å². The Labute approximate surface area is 177 Å². The molecule has 3 aromatic rings. The summed E-state index contributed by atoms with van der Waals surface area (Å²) in [5, 5.41) is 12.8. The molecule has 1 atom stereocenters. The highest BCUT2D eigenvalue weighted by Gasteiger charge is 2.34. The van der Waals surface area contributed by atoms with E-state index in [1.165, 1.54) is 11.3 Å². The molecule has 1 aliphatic heterocycles. The molecule has 3 heterocycles. The van der Waals surface area contributed by atoms with Crippen LogP contribution in [0, 0.1) is 5.92 Å². The Hall–Kier alpha value is -2.98. The molecule has 30 heavy (non-hydrogen) atoms. The van der Waals surface area contributed by atoms with Crippen molar-refractivity contribution in [3.05, 3.63) is 35.0 Å². The first-order valence-electron chi connectivity index (χ1n) is 9.61. The highest BCUT2D eigenvalue weighted by atomic mass is 32.1. The third kappa shape index (κ3) is 4.29. The SMILES string of the molecule is COCc1nnc(NC(=O)C2CC(=O)N(CCc3c[nH]c4ccc(OC)cc34)C2)s1. The van der Waals surface area contributed by atoms with E-state index in [2.05, 4.69) is 20.5 Å². The van der Waals surface area contributed by atoms with Crippen molar-refractivity contribution < 1.29 is 19.1 Å². The van der Waals surface area contributed by atoms with Crippen LogP contribution in [-0.2, 0) is 27.4 Å². The van der Waals surface area contributed by atoms with Gasteiger partial charge in [-0.2, -0.15) is 0 Å². The Bertz CT molecular complexity index is 1060. The number of amides is 2. The van der Waals surface area contributed by atoms with Gasteiger partial charge >= 0.3 is 0 Å². The summed E-state index contributed by atoms with van der Waals surface area (Å²) in [7, 11) is 3.22. The quantitative estimate of drug-likeness (QED) is 0.568. The number of hydrogen-bond acceptors (Lipinski definition) is 7. The van der Waals surface area contributed by atoms with Crippen LogP contribution in [0.2, 0.25) is 0 Å². The highest BCUT2D eigenvalue weighted by Crippen LogP contribution is 2.26. The zero-order chi connectivity index (χ0) is 21.1. The number of aromatic amines is 1. The van der Waals surface area contributed by atoms with E-state index < -0.39 is 5.92 Å². The van der Waals surface area contributed by atoms with Crippen LogP contribution >= 0.6 is 11.3 Å². The van der Waals surface area contributed by atoms with Gasteiger partial charge < -0.3 is 24.7 Å². The summed E-state index contributed by atoms with van der Waals surface area (Å²) in [6, 6.07) is 5.87. The normalized spacial score (nSPS) is 16.4. The molecule has 1 saturated heterocycles. The van der Waals surface area contributed by atoms with E-state index in [0.29, 0.717) is 36.3 Å². The van der Waals surface area contributed by atoms with E-state index in [9.17, 15) is 9.59 Å². The molecular formula is C20H23N5O4S. The van der Waals surface area contributed by atoms with Crippen LogP contribution in [0.3, 0.4) is 0 Å². The lowest BCUT2D eigenvalue weighted by atomic mass is 10.1. The first-order valence-corrected chi connectivity index (χ1v) is 10.4. The Kier molecular flexibility index (Phi) is 5.96. The predicted molar refractivity (Wildman–Crippen MR) is 112 cm³/mol. The number of hydrogen-bond donors (Lipinski definition) is 2. The van der Waals surface area contributed by atoms with Gasteiger partial charge in [0.15, 0.2) is 0 Å². The summed E-state index contributed by atoms with van der Waals surface area (Å²) in [4.78, 5) is 30.0. The molecule has 4 rings (SSSR count). The monoisotopic (exact) mass is 429 g/mol. The molecule has 1 aliphatic rings. The van der Waals surface area contributed by atoms with Crippen molar-refractivity contribution in [2.24, 2.45) is 5.92 Å². The number of ether oxygens (including phenoxy) is 2. The fourth-order valence-corrected chi connectivity index (χ4v) is 4.32. The van der Waals surface area contributed by atoms with Crippen molar-refractivity contribution in [1.29, 1.82) is 0 Å². The zero-order valence-corrected chi connectivity index (χ0v) is 17.6. The first kappa shape index (κ1) is 20.3. The van der Waals surface area contributed by atoms with Crippen molar-refractivity contribution in [3.8, 4) is 5.75 Å². The standard InChI is InChI=1S/C20H23N5O4S/c1-28-11-17-23-24-20(30-17)22-19(27)13-7-18(26)25(10-13)6-5-12-9-21-16-4-3-14(29-2)8-15(12)16/h3-4,8-9,13,21H,5-7,10-11H2,1-2H3,(H,22,24,27). The van der Waals surface area contributed by atoms with Crippen molar-refractivity contribution in [2.45, 2.75) is 19.4 Å². The molecule has 0 saturated carbocycles.